The number of benzene rings is 1. The van der Waals surface area contributed by atoms with Crippen molar-refractivity contribution in [2.75, 3.05) is 20.1 Å². The second-order valence-corrected chi connectivity index (χ2v) is 9.36. The van der Waals surface area contributed by atoms with Crippen molar-refractivity contribution >= 4 is 5.69 Å². The van der Waals surface area contributed by atoms with Crippen molar-refractivity contribution in [2.45, 2.75) is 46.6 Å². The number of hydrogen-bond acceptors (Lipinski definition) is 5. The SMILES string of the molecule is CN1CCC(Oc2ccc(-n3cc([N+](=O)[O-])cn3)cc2)C(C)(C)CC(C)(C)C1. The Bertz CT molecular complexity index is 826. The van der Waals surface area contributed by atoms with Gasteiger partial charge in [-0.1, -0.05) is 27.7 Å². The van der Waals surface area contributed by atoms with Crippen molar-refractivity contribution in [3.05, 3.63) is 46.8 Å². The molecule has 0 radical (unpaired) electrons. The number of nitrogens with zero attached hydrogens (tertiary/aromatic N) is 4. The highest BCUT2D eigenvalue weighted by atomic mass is 16.6. The molecule has 3 rings (SSSR count). The van der Waals surface area contributed by atoms with E-state index in [0.717, 1.165) is 37.4 Å². The van der Waals surface area contributed by atoms with E-state index in [1.807, 2.05) is 24.3 Å². The van der Waals surface area contributed by atoms with E-state index >= 15 is 0 Å². The van der Waals surface area contributed by atoms with Crippen molar-refractivity contribution in [3.8, 4) is 11.4 Å². The van der Waals surface area contributed by atoms with Crippen molar-refractivity contribution < 1.29 is 9.66 Å². The van der Waals surface area contributed by atoms with Gasteiger partial charge >= 0.3 is 5.69 Å². The molecular formula is C21H30N4O3. The van der Waals surface area contributed by atoms with Crippen LogP contribution in [0.4, 0.5) is 5.69 Å². The van der Waals surface area contributed by atoms with Crippen LogP contribution in [-0.2, 0) is 0 Å². The summed E-state index contributed by atoms with van der Waals surface area (Å²) in [6, 6.07) is 7.56. The third-order valence-electron chi connectivity index (χ3n) is 5.44. The van der Waals surface area contributed by atoms with Crippen LogP contribution in [0.25, 0.3) is 5.69 Å². The van der Waals surface area contributed by atoms with Gasteiger partial charge in [0.25, 0.3) is 0 Å². The minimum atomic E-state index is -0.448. The van der Waals surface area contributed by atoms with Crippen LogP contribution in [0.3, 0.4) is 0 Å². The van der Waals surface area contributed by atoms with Crippen molar-refractivity contribution in [1.29, 1.82) is 0 Å². The molecule has 0 bridgehead atoms. The van der Waals surface area contributed by atoms with E-state index in [0.29, 0.717) is 0 Å². The lowest BCUT2D eigenvalue weighted by molar-refractivity contribution is -0.384. The van der Waals surface area contributed by atoms with Gasteiger partial charge in [0.1, 0.15) is 24.2 Å². The molecule has 0 saturated carbocycles. The molecule has 152 valence electrons. The molecule has 0 N–H and O–H groups in total. The van der Waals surface area contributed by atoms with Gasteiger partial charge in [-0.2, -0.15) is 5.10 Å². The molecule has 1 saturated heterocycles. The lowest BCUT2D eigenvalue weighted by Gasteiger charge is -2.44. The molecule has 1 unspecified atom stereocenters. The van der Waals surface area contributed by atoms with E-state index in [9.17, 15) is 10.1 Å². The maximum absolute atomic E-state index is 10.8. The van der Waals surface area contributed by atoms with Crippen molar-refractivity contribution in [2.24, 2.45) is 10.8 Å². The summed E-state index contributed by atoms with van der Waals surface area (Å²) in [4.78, 5) is 12.8. The van der Waals surface area contributed by atoms with Crippen LogP contribution in [0.5, 0.6) is 5.75 Å². The van der Waals surface area contributed by atoms with E-state index in [4.69, 9.17) is 4.74 Å². The summed E-state index contributed by atoms with van der Waals surface area (Å²) in [6.07, 6.45) is 4.84. The van der Waals surface area contributed by atoms with Gasteiger partial charge in [0.2, 0.25) is 0 Å². The van der Waals surface area contributed by atoms with E-state index in [1.165, 1.54) is 17.1 Å². The molecule has 1 aliphatic heterocycles. The van der Waals surface area contributed by atoms with E-state index in [-0.39, 0.29) is 22.6 Å². The van der Waals surface area contributed by atoms with Crippen LogP contribution in [0, 0.1) is 20.9 Å². The smallest absolute Gasteiger partial charge is 0.307 e. The summed E-state index contributed by atoms with van der Waals surface area (Å²) < 4.78 is 7.92. The Hall–Kier alpha value is -2.41. The Labute approximate surface area is 166 Å². The molecular weight excluding hydrogens is 356 g/mol. The average molecular weight is 386 g/mol. The zero-order valence-electron chi connectivity index (χ0n) is 17.4. The maximum Gasteiger partial charge on any atom is 0.307 e. The number of hydrogen-bond donors (Lipinski definition) is 0. The van der Waals surface area contributed by atoms with Gasteiger partial charge in [-0.05, 0) is 49.6 Å². The Morgan fingerprint density at radius 2 is 1.89 bits per heavy atom. The Balaban J connectivity index is 1.75. The zero-order valence-corrected chi connectivity index (χ0v) is 17.4. The van der Waals surface area contributed by atoms with Crippen LogP contribution < -0.4 is 4.74 Å². The van der Waals surface area contributed by atoms with Crippen LogP contribution in [-0.4, -0.2) is 45.8 Å². The number of aromatic nitrogens is 2. The van der Waals surface area contributed by atoms with Gasteiger partial charge in [-0.3, -0.25) is 10.1 Å². The largest absolute Gasteiger partial charge is 0.490 e. The predicted molar refractivity (Wildman–Crippen MR) is 109 cm³/mol. The number of rotatable bonds is 4. The van der Waals surface area contributed by atoms with Crippen molar-refractivity contribution in [1.82, 2.24) is 14.7 Å². The van der Waals surface area contributed by atoms with E-state index in [2.05, 4.69) is 44.7 Å². The molecule has 1 atom stereocenters. The fraction of sp³-hybridized carbons (Fsp3) is 0.571. The second kappa shape index (κ2) is 7.54. The zero-order chi connectivity index (χ0) is 20.5. The molecule has 7 nitrogen and oxygen atoms in total. The van der Waals surface area contributed by atoms with Gasteiger partial charge in [0.05, 0.1) is 10.6 Å². The normalized spacial score (nSPS) is 22.2. The van der Waals surface area contributed by atoms with Gasteiger partial charge < -0.3 is 9.64 Å². The molecule has 1 fully saturated rings. The van der Waals surface area contributed by atoms with Crippen LogP contribution in [0.1, 0.15) is 40.5 Å². The lowest BCUT2D eigenvalue weighted by atomic mass is 9.70. The number of ether oxygens (including phenoxy) is 1. The van der Waals surface area contributed by atoms with Crippen LogP contribution in [0.15, 0.2) is 36.7 Å². The van der Waals surface area contributed by atoms with Gasteiger partial charge in [-0.15, -0.1) is 0 Å². The Kier molecular flexibility index (Phi) is 5.48. The average Bonchev–Trinajstić information content (AvgIpc) is 3.07. The molecule has 1 aromatic heterocycles. The van der Waals surface area contributed by atoms with Crippen LogP contribution >= 0.6 is 0 Å². The topological polar surface area (TPSA) is 73.4 Å². The molecule has 2 heterocycles. The van der Waals surface area contributed by atoms with Crippen LogP contribution in [0.2, 0.25) is 0 Å². The molecule has 28 heavy (non-hydrogen) atoms. The standard InChI is InChI=1S/C21H30N4O3/c1-20(2)14-21(3,4)19(10-11-23(5)15-20)28-18-8-6-16(7-9-18)24-13-17(12-22-24)25(26)27/h6-9,12-13,19H,10-11,14-15H2,1-5H3. The minimum absolute atomic E-state index is 0.0247. The Morgan fingerprint density at radius 1 is 1.21 bits per heavy atom. The number of nitro groups is 1. The molecule has 2 aromatic rings. The Morgan fingerprint density at radius 3 is 2.50 bits per heavy atom. The maximum atomic E-state index is 10.8. The predicted octanol–water partition coefficient (Wildman–Crippen LogP) is 4.31. The summed E-state index contributed by atoms with van der Waals surface area (Å²) in [5.74, 6) is 0.810. The highest BCUT2D eigenvalue weighted by Crippen LogP contribution is 2.41. The lowest BCUT2D eigenvalue weighted by Crippen LogP contribution is -2.46. The second-order valence-electron chi connectivity index (χ2n) is 9.36. The first-order valence-corrected chi connectivity index (χ1v) is 9.70. The fourth-order valence-electron chi connectivity index (χ4n) is 4.55. The third kappa shape index (κ3) is 4.70. The summed E-state index contributed by atoms with van der Waals surface area (Å²) in [7, 11) is 2.18. The first-order chi connectivity index (χ1) is 13.1. The first kappa shape index (κ1) is 20.3. The molecule has 0 amide bonds. The van der Waals surface area contributed by atoms with Gasteiger partial charge in [-0.25, -0.2) is 4.68 Å². The molecule has 0 aliphatic carbocycles. The third-order valence-corrected chi connectivity index (χ3v) is 5.44. The van der Waals surface area contributed by atoms with Gasteiger partial charge in [0.15, 0.2) is 0 Å². The summed E-state index contributed by atoms with van der Waals surface area (Å²) in [5.41, 5.74) is 1.03. The minimum Gasteiger partial charge on any atom is -0.490 e. The van der Waals surface area contributed by atoms with Gasteiger partial charge in [0, 0.05) is 18.5 Å². The summed E-state index contributed by atoms with van der Waals surface area (Å²) >= 11 is 0. The monoisotopic (exact) mass is 386 g/mol. The molecule has 1 aliphatic rings. The highest BCUT2D eigenvalue weighted by Gasteiger charge is 2.39. The van der Waals surface area contributed by atoms with E-state index < -0.39 is 4.92 Å². The summed E-state index contributed by atoms with van der Waals surface area (Å²) in [6.45, 7) is 11.3. The quantitative estimate of drug-likeness (QED) is 0.578. The summed E-state index contributed by atoms with van der Waals surface area (Å²) in [5, 5.41) is 14.9. The molecule has 0 spiro atoms. The number of likely N-dealkylation sites (tertiary alicyclic amines) is 1. The first-order valence-electron chi connectivity index (χ1n) is 9.70. The molecule has 1 aromatic carbocycles. The fourth-order valence-corrected chi connectivity index (χ4v) is 4.55. The molecule has 7 heteroatoms. The highest BCUT2D eigenvalue weighted by molar-refractivity contribution is 5.38. The van der Waals surface area contributed by atoms with E-state index in [1.54, 1.807) is 0 Å². The van der Waals surface area contributed by atoms with Crippen molar-refractivity contribution in [3.63, 3.8) is 0 Å².